The summed E-state index contributed by atoms with van der Waals surface area (Å²) in [5.74, 6) is 3.19. The van der Waals surface area contributed by atoms with E-state index in [9.17, 15) is 4.79 Å². The lowest BCUT2D eigenvalue weighted by molar-refractivity contribution is -0.127. The molecule has 1 amide bonds. The van der Waals surface area contributed by atoms with E-state index in [0.717, 1.165) is 25.3 Å². The molecular weight excluding hydrogens is 406 g/mol. The quantitative estimate of drug-likeness (QED) is 0.349. The SMILES string of the molecule is CN=C(NCCc1nc(-c2ccco2)n[nH]1)NCC1CC(=O)N(CCc2ccccc2)C1. The molecule has 3 N–H and O–H groups in total. The van der Waals surface area contributed by atoms with Crippen molar-refractivity contribution in [2.75, 3.05) is 33.2 Å². The summed E-state index contributed by atoms with van der Waals surface area (Å²) in [5.41, 5.74) is 1.26. The molecule has 1 aliphatic heterocycles. The van der Waals surface area contributed by atoms with Crippen molar-refractivity contribution in [3.05, 3.63) is 60.1 Å². The summed E-state index contributed by atoms with van der Waals surface area (Å²) >= 11 is 0. The number of H-pyrrole nitrogens is 1. The molecule has 0 radical (unpaired) electrons. The van der Waals surface area contributed by atoms with Crippen molar-refractivity contribution in [1.29, 1.82) is 0 Å². The van der Waals surface area contributed by atoms with E-state index in [-0.39, 0.29) is 11.8 Å². The van der Waals surface area contributed by atoms with Crippen LogP contribution in [0.5, 0.6) is 0 Å². The predicted molar refractivity (Wildman–Crippen MR) is 122 cm³/mol. The normalized spacial score (nSPS) is 16.5. The lowest BCUT2D eigenvalue weighted by Crippen LogP contribution is -2.41. The van der Waals surface area contributed by atoms with Gasteiger partial charge < -0.3 is 20.0 Å². The number of likely N-dealkylation sites (tertiary alicyclic amines) is 1. The van der Waals surface area contributed by atoms with Gasteiger partial charge in [0.25, 0.3) is 0 Å². The molecule has 168 valence electrons. The summed E-state index contributed by atoms with van der Waals surface area (Å²) in [4.78, 5) is 23.0. The average molecular weight is 436 g/mol. The first-order valence-corrected chi connectivity index (χ1v) is 10.9. The molecule has 1 fully saturated rings. The van der Waals surface area contributed by atoms with Gasteiger partial charge in [0.05, 0.1) is 6.26 Å². The highest BCUT2D eigenvalue weighted by atomic mass is 16.3. The number of benzene rings is 1. The summed E-state index contributed by atoms with van der Waals surface area (Å²) < 4.78 is 5.31. The van der Waals surface area contributed by atoms with Crippen LogP contribution in [-0.4, -0.2) is 65.2 Å². The van der Waals surface area contributed by atoms with Gasteiger partial charge in [0.1, 0.15) is 5.82 Å². The minimum Gasteiger partial charge on any atom is -0.461 e. The molecule has 1 aliphatic rings. The highest BCUT2D eigenvalue weighted by molar-refractivity contribution is 5.80. The molecule has 0 aliphatic carbocycles. The standard InChI is InChI=1S/C23H29N7O2/c1-24-23(25-11-9-20-27-22(29-28-20)19-8-5-13-32-19)26-15-18-14-21(31)30(16-18)12-10-17-6-3-2-4-7-17/h2-8,13,18H,9-12,14-16H2,1H3,(H2,24,25,26)(H,27,28,29). The third-order valence-corrected chi connectivity index (χ3v) is 5.52. The molecule has 0 saturated carbocycles. The van der Waals surface area contributed by atoms with Gasteiger partial charge in [-0.15, -0.1) is 0 Å². The zero-order valence-corrected chi connectivity index (χ0v) is 18.3. The van der Waals surface area contributed by atoms with Crippen molar-refractivity contribution in [3.8, 4) is 11.6 Å². The van der Waals surface area contributed by atoms with Crippen LogP contribution < -0.4 is 10.6 Å². The molecule has 1 saturated heterocycles. The molecule has 1 unspecified atom stereocenters. The fourth-order valence-electron chi connectivity index (χ4n) is 3.80. The van der Waals surface area contributed by atoms with E-state index in [1.165, 1.54) is 5.56 Å². The van der Waals surface area contributed by atoms with E-state index in [4.69, 9.17) is 4.42 Å². The number of aliphatic imine (C=N–C) groups is 1. The molecular formula is C23H29N7O2. The topological polar surface area (TPSA) is 111 Å². The number of aromatic nitrogens is 3. The van der Waals surface area contributed by atoms with Gasteiger partial charge in [0.2, 0.25) is 11.7 Å². The highest BCUT2D eigenvalue weighted by Crippen LogP contribution is 2.18. The summed E-state index contributed by atoms with van der Waals surface area (Å²) in [7, 11) is 1.74. The van der Waals surface area contributed by atoms with Gasteiger partial charge in [0.15, 0.2) is 11.7 Å². The van der Waals surface area contributed by atoms with Crippen LogP contribution in [0.25, 0.3) is 11.6 Å². The van der Waals surface area contributed by atoms with E-state index in [2.05, 4.69) is 42.9 Å². The lowest BCUT2D eigenvalue weighted by Gasteiger charge is -2.18. The van der Waals surface area contributed by atoms with Crippen LogP contribution in [0.4, 0.5) is 0 Å². The monoisotopic (exact) mass is 435 g/mol. The number of carbonyl (C=O) groups excluding carboxylic acids is 1. The van der Waals surface area contributed by atoms with Gasteiger partial charge in [-0.2, -0.15) is 5.10 Å². The number of guanidine groups is 1. The second kappa shape index (κ2) is 10.6. The van der Waals surface area contributed by atoms with Crippen LogP contribution in [0.3, 0.4) is 0 Å². The van der Waals surface area contributed by atoms with Gasteiger partial charge in [0, 0.05) is 52.0 Å². The third-order valence-electron chi connectivity index (χ3n) is 5.52. The second-order valence-electron chi connectivity index (χ2n) is 7.86. The Kier molecular flexibility index (Phi) is 7.16. The minimum atomic E-state index is 0.230. The maximum Gasteiger partial charge on any atom is 0.223 e. The Bertz CT molecular complexity index is 1010. The van der Waals surface area contributed by atoms with E-state index in [1.807, 2.05) is 35.2 Å². The van der Waals surface area contributed by atoms with Crippen molar-refractivity contribution in [3.63, 3.8) is 0 Å². The molecule has 4 rings (SSSR count). The van der Waals surface area contributed by atoms with Crippen LogP contribution in [-0.2, 0) is 17.6 Å². The Morgan fingerprint density at radius 3 is 2.88 bits per heavy atom. The molecule has 1 aromatic carbocycles. The third kappa shape index (κ3) is 5.75. The molecule has 32 heavy (non-hydrogen) atoms. The molecule has 9 nitrogen and oxygen atoms in total. The first kappa shape index (κ1) is 21.6. The van der Waals surface area contributed by atoms with Crippen LogP contribution in [0.2, 0.25) is 0 Å². The number of nitrogens with zero attached hydrogens (tertiary/aromatic N) is 4. The molecule has 3 aromatic rings. The van der Waals surface area contributed by atoms with Crippen LogP contribution in [0, 0.1) is 5.92 Å². The predicted octanol–water partition coefficient (Wildman–Crippen LogP) is 1.86. The van der Waals surface area contributed by atoms with Gasteiger partial charge in [-0.05, 0) is 24.1 Å². The number of amides is 1. The molecule has 0 bridgehead atoms. The molecule has 2 aromatic heterocycles. The number of hydrogen-bond donors (Lipinski definition) is 3. The van der Waals surface area contributed by atoms with Crippen LogP contribution in [0.1, 0.15) is 17.8 Å². The number of carbonyl (C=O) groups is 1. The van der Waals surface area contributed by atoms with Gasteiger partial charge in [-0.1, -0.05) is 30.3 Å². The Morgan fingerprint density at radius 2 is 2.09 bits per heavy atom. The fourth-order valence-corrected chi connectivity index (χ4v) is 3.80. The molecule has 9 heteroatoms. The summed E-state index contributed by atoms with van der Waals surface area (Å²) in [6, 6.07) is 13.9. The number of nitrogens with one attached hydrogen (secondary N) is 3. The molecule has 1 atom stereocenters. The number of rotatable bonds is 9. The minimum absolute atomic E-state index is 0.230. The highest BCUT2D eigenvalue weighted by Gasteiger charge is 2.29. The summed E-state index contributed by atoms with van der Waals surface area (Å²) in [6.45, 7) is 2.91. The van der Waals surface area contributed by atoms with Crippen molar-refractivity contribution in [1.82, 2.24) is 30.7 Å². The maximum atomic E-state index is 12.4. The fraction of sp³-hybridized carbons (Fsp3) is 0.391. The Labute approximate surface area is 187 Å². The van der Waals surface area contributed by atoms with Crippen molar-refractivity contribution in [2.24, 2.45) is 10.9 Å². The van der Waals surface area contributed by atoms with Crippen molar-refractivity contribution in [2.45, 2.75) is 19.3 Å². The first-order valence-electron chi connectivity index (χ1n) is 10.9. The van der Waals surface area contributed by atoms with Crippen LogP contribution >= 0.6 is 0 Å². The van der Waals surface area contributed by atoms with E-state index >= 15 is 0 Å². The average Bonchev–Trinajstić information content (AvgIpc) is 3.57. The molecule has 0 spiro atoms. The maximum absolute atomic E-state index is 12.4. The van der Waals surface area contributed by atoms with E-state index in [0.29, 0.717) is 43.5 Å². The Hall–Kier alpha value is -3.62. The Balaban J connectivity index is 1.16. The largest absolute Gasteiger partial charge is 0.461 e. The van der Waals surface area contributed by atoms with Gasteiger partial charge in [-0.3, -0.25) is 14.9 Å². The van der Waals surface area contributed by atoms with Crippen LogP contribution in [0.15, 0.2) is 58.1 Å². The number of aromatic amines is 1. The number of furan rings is 1. The van der Waals surface area contributed by atoms with E-state index in [1.54, 1.807) is 13.3 Å². The number of hydrogen-bond acceptors (Lipinski definition) is 5. The summed E-state index contributed by atoms with van der Waals surface area (Å²) in [5, 5.41) is 13.7. The van der Waals surface area contributed by atoms with E-state index < -0.39 is 0 Å². The lowest BCUT2D eigenvalue weighted by atomic mass is 10.1. The zero-order chi connectivity index (χ0) is 22.2. The Morgan fingerprint density at radius 1 is 1.22 bits per heavy atom. The first-order chi connectivity index (χ1) is 15.7. The summed E-state index contributed by atoms with van der Waals surface area (Å²) in [6.07, 6.45) is 3.73. The van der Waals surface area contributed by atoms with Gasteiger partial charge >= 0.3 is 0 Å². The molecule has 3 heterocycles. The zero-order valence-electron chi connectivity index (χ0n) is 18.3. The smallest absolute Gasteiger partial charge is 0.223 e. The van der Waals surface area contributed by atoms with Crippen molar-refractivity contribution >= 4 is 11.9 Å². The second-order valence-corrected chi connectivity index (χ2v) is 7.86. The van der Waals surface area contributed by atoms with Crippen molar-refractivity contribution < 1.29 is 9.21 Å². The van der Waals surface area contributed by atoms with Gasteiger partial charge in [-0.25, -0.2) is 4.98 Å².